The van der Waals surface area contributed by atoms with Gasteiger partial charge in [-0.3, -0.25) is 4.79 Å². The molecule has 0 bridgehead atoms. The number of carboxylic acids is 1. The molecule has 0 saturated heterocycles. The summed E-state index contributed by atoms with van der Waals surface area (Å²) < 4.78 is 193. The van der Waals surface area contributed by atoms with Crippen molar-refractivity contribution in [3.05, 3.63) is 0 Å². The summed E-state index contributed by atoms with van der Waals surface area (Å²) in [6, 6.07) is 0. The fourth-order valence-electron chi connectivity index (χ4n) is 0.335. The first kappa shape index (κ1) is 1.77. The Morgan fingerprint density at radius 1 is 1.00 bits per heavy atom. The Morgan fingerprint density at radius 3 is 1.93 bits per heavy atom. The van der Waals surface area contributed by atoms with E-state index in [1.165, 1.54) is 0 Å². The van der Waals surface area contributed by atoms with E-state index in [4.69, 9.17) is 39.4 Å². The molecule has 15 heavy (non-hydrogen) atoms. The van der Waals surface area contributed by atoms with Crippen LogP contribution in [0.3, 0.4) is 0 Å². The maximum absolute atomic E-state index is 11.2. The van der Waals surface area contributed by atoms with E-state index in [0.717, 1.165) is 0 Å². The van der Waals surface area contributed by atoms with Crippen molar-refractivity contribution in [2.24, 2.45) is 0 Å². The Bertz CT molecular complexity index is 970. The zero-order chi connectivity index (χ0) is 33.6. The fourth-order valence-corrected chi connectivity index (χ4v) is 0.335. The van der Waals surface area contributed by atoms with Gasteiger partial charge in [0.05, 0.1) is 0 Å². The van der Waals surface area contributed by atoms with Crippen LogP contribution < -0.4 is 0 Å². The van der Waals surface area contributed by atoms with E-state index in [1.807, 2.05) is 0 Å². The van der Waals surface area contributed by atoms with Crippen LogP contribution in [0.25, 0.3) is 0 Å². The van der Waals surface area contributed by atoms with Gasteiger partial charge in [0.25, 0.3) is 0 Å². The van der Waals surface area contributed by atoms with E-state index in [-0.39, 0.29) is 0 Å². The first-order valence-corrected chi connectivity index (χ1v) is 3.43. The second kappa shape index (κ2) is 11.5. The van der Waals surface area contributed by atoms with E-state index in [2.05, 4.69) is 0 Å². The van der Waals surface area contributed by atoms with Gasteiger partial charge >= 0.3 is 5.97 Å². The molecule has 0 aliphatic rings. The van der Waals surface area contributed by atoms with E-state index in [1.54, 1.807) is 0 Å². The number of hydrogen-bond acceptors (Lipinski definition) is 1. The van der Waals surface area contributed by atoms with Crippen LogP contribution in [0.15, 0.2) is 0 Å². The van der Waals surface area contributed by atoms with Gasteiger partial charge < -0.3 is 5.11 Å². The molecule has 2 heteroatoms. The molecule has 0 saturated carbocycles. The predicted molar refractivity (Wildman–Crippen MR) is 64.1 cm³/mol. The van der Waals surface area contributed by atoms with Crippen LogP contribution in [-0.2, 0) is 4.79 Å². The zero-order valence-corrected chi connectivity index (χ0v) is 7.36. The zero-order valence-electron chi connectivity index (χ0n) is 32.4. The quantitative estimate of drug-likeness (QED) is 0.581. The summed E-state index contributed by atoms with van der Waals surface area (Å²) >= 11 is 0. The Labute approximate surface area is 129 Å². The van der Waals surface area contributed by atoms with Crippen LogP contribution in [0.5, 0.6) is 0 Å². The molecule has 0 amide bonds. The van der Waals surface area contributed by atoms with Crippen LogP contribution in [0.4, 0.5) is 0 Å². The van der Waals surface area contributed by atoms with E-state index in [9.17, 15) is 4.79 Å². The number of aliphatic carboxylic acids is 1. The molecule has 0 aliphatic heterocycles. The van der Waals surface area contributed by atoms with Gasteiger partial charge in [0.15, 0.2) is 0 Å². The van der Waals surface area contributed by atoms with E-state index in [0.29, 0.717) is 0 Å². The molecule has 0 radical (unpaired) electrons. The van der Waals surface area contributed by atoms with Gasteiger partial charge in [-0.25, -0.2) is 0 Å². The molecule has 0 aromatic heterocycles. The highest BCUT2D eigenvalue weighted by Gasteiger charge is 1.96. The van der Waals surface area contributed by atoms with Crippen molar-refractivity contribution in [3.8, 4) is 0 Å². The molecule has 2 nitrogen and oxygen atoms in total. The summed E-state index contributed by atoms with van der Waals surface area (Å²) in [7, 11) is 0. The van der Waals surface area contributed by atoms with E-state index >= 15 is 0 Å². The van der Waals surface area contributed by atoms with Crippen molar-refractivity contribution in [3.63, 3.8) is 0 Å². The van der Waals surface area contributed by atoms with Gasteiger partial charge in [0.1, 0.15) is 0 Å². The topological polar surface area (TPSA) is 37.3 Å². The first-order valence-electron chi connectivity index (χ1n) is 15.9. The standard InChI is InChI=1S/C13H26O2/c1-2-3-4-5-6-7-8-9-10-11-12-13(14)15/h2-12H2,1H3,(H,14,15)/i1D3,2D2,3D2,4D2,5D2,6D2,7D2,8D2,9D2,10D2,11D2,12D2. The summed E-state index contributed by atoms with van der Waals surface area (Å²) in [5.74, 6) is -2.70. The highest BCUT2D eigenvalue weighted by atomic mass is 16.4. The normalized spacial score (nSPS) is 46.5. The lowest BCUT2D eigenvalue weighted by Gasteiger charge is -2.01. The van der Waals surface area contributed by atoms with Crippen LogP contribution in [0, 0.1) is 0 Å². The average molecular weight is 240 g/mol. The van der Waals surface area contributed by atoms with Crippen molar-refractivity contribution in [1.82, 2.24) is 0 Å². The molecular weight excluding hydrogens is 188 g/mol. The molecule has 0 rings (SSSR count). The van der Waals surface area contributed by atoms with Gasteiger partial charge in [-0.05, 0) is 6.37 Å². The molecule has 0 aliphatic carbocycles. The molecular formula is C13H26O2. The highest BCUT2D eigenvalue weighted by Crippen LogP contribution is 2.10. The number of hydrogen-bond donors (Lipinski definition) is 1. The summed E-state index contributed by atoms with van der Waals surface area (Å²) in [4.78, 5) is 11.2. The first-order chi connectivity index (χ1) is 16.7. The van der Waals surface area contributed by atoms with Gasteiger partial charge in [-0.1, -0.05) is 64.2 Å². The Kier molecular flexibility index (Phi) is 1.37. The van der Waals surface area contributed by atoms with Crippen molar-refractivity contribution >= 4 is 5.97 Å². The third kappa shape index (κ3) is 13.5. The lowest BCUT2D eigenvalue weighted by atomic mass is 10.1. The molecule has 0 unspecified atom stereocenters. The molecule has 0 fully saturated rings. The number of carboxylic acid groups (broad SMARTS) is 1. The molecule has 0 heterocycles. The molecule has 0 aromatic rings. The Hall–Kier alpha value is -0.530. The van der Waals surface area contributed by atoms with Crippen LogP contribution in [0.1, 0.15) is 111 Å². The lowest BCUT2D eigenvalue weighted by molar-refractivity contribution is -0.137. The van der Waals surface area contributed by atoms with Crippen molar-refractivity contribution < 1.29 is 44.2 Å². The minimum Gasteiger partial charge on any atom is -0.481 e. The SMILES string of the molecule is [2H]C([2H])([2H])C([2H])([2H])C([2H])([2H])C([2H])([2H])C([2H])([2H])C([2H])([2H])C([2H])([2H])C([2H])([2H])C([2H])([2H])C([2H])([2H])C([2H])([2H])C([2H])([2H])C(=O)O. The molecule has 0 aromatic carbocycles. The van der Waals surface area contributed by atoms with E-state index < -0.39 is 82.9 Å². The van der Waals surface area contributed by atoms with Gasteiger partial charge in [0, 0.05) is 40.6 Å². The summed E-state index contributed by atoms with van der Waals surface area (Å²) in [5, 5.41) is 8.96. The maximum atomic E-state index is 11.2. The van der Waals surface area contributed by atoms with Crippen LogP contribution in [-0.4, -0.2) is 11.1 Å². The minimum atomic E-state index is -4.90. The number of rotatable bonds is 11. The van der Waals surface area contributed by atoms with Gasteiger partial charge in [-0.2, -0.15) is 0 Å². The second-order valence-corrected chi connectivity index (χ2v) is 1.68. The Morgan fingerprint density at radius 2 is 1.47 bits per heavy atom. The van der Waals surface area contributed by atoms with Crippen molar-refractivity contribution in [2.45, 2.75) is 77.0 Å². The molecule has 0 spiro atoms. The third-order valence-corrected chi connectivity index (χ3v) is 0.732. The smallest absolute Gasteiger partial charge is 0.303 e. The summed E-state index contributed by atoms with van der Waals surface area (Å²) in [6.45, 7) is -4.03. The molecule has 1 N–H and O–H groups in total. The van der Waals surface area contributed by atoms with Gasteiger partial charge in [-0.15, -0.1) is 0 Å². The summed E-state index contributed by atoms with van der Waals surface area (Å²) in [5.41, 5.74) is 0. The molecule has 0 atom stereocenters. The van der Waals surface area contributed by atoms with Crippen LogP contribution >= 0.6 is 0 Å². The average Bonchev–Trinajstić information content (AvgIpc) is 2.71. The highest BCUT2D eigenvalue weighted by molar-refractivity contribution is 5.66. The maximum Gasteiger partial charge on any atom is 0.303 e. The second-order valence-electron chi connectivity index (χ2n) is 1.68. The van der Waals surface area contributed by atoms with Crippen molar-refractivity contribution in [2.75, 3.05) is 0 Å². The van der Waals surface area contributed by atoms with Crippen LogP contribution in [0.2, 0.25) is 0 Å². The third-order valence-electron chi connectivity index (χ3n) is 0.732. The van der Waals surface area contributed by atoms with Gasteiger partial charge in [0.2, 0.25) is 0 Å². The fraction of sp³-hybridized carbons (Fsp3) is 0.923. The monoisotopic (exact) mass is 239 g/mol. The largest absolute Gasteiger partial charge is 0.481 e. The lowest BCUT2D eigenvalue weighted by Crippen LogP contribution is -1.93. The van der Waals surface area contributed by atoms with Crippen molar-refractivity contribution in [1.29, 1.82) is 0 Å². The minimum absolute atomic E-state index is 2.70. The number of carbonyl (C=O) groups is 1. The predicted octanol–water partition coefficient (Wildman–Crippen LogP) is 4.38. The molecule has 90 valence electrons. The summed E-state index contributed by atoms with van der Waals surface area (Å²) in [6.07, 6.45) is -51.5. The Balaban J connectivity index is 7.37.